The highest BCUT2D eigenvalue weighted by molar-refractivity contribution is 5.83. The van der Waals surface area contributed by atoms with E-state index in [-0.39, 0.29) is 18.7 Å². The minimum atomic E-state index is -4.66. The van der Waals surface area contributed by atoms with Crippen LogP contribution < -0.4 is 10.1 Å². The second-order valence-electron chi connectivity index (χ2n) is 7.42. The molecule has 2 amide bonds. The summed E-state index contributed by atoms with van der Waals surface area (Å²) in [6, 6.07) is 6.50. The zero-order chi connectivity index (χ0) is 24.8. The van der Waals surface area contributed by atoms with E-state index in [0.717, 1.165) is 23.5 Å². The highest BCUT2D eigenvalue weighted by atomic mass is 19.4. The van der Waals surface area contributed by atoms with E-state index in [4.69, 9.17) is 9.47 Å². The first-order valence-corrected chi connectivity index (χ1v) is 10.2. The maximum absolute atomic E-state index is 14.0. The summed E-state index contributed by atoms with van der Waals surface area (Å²) >= 11 is 0. The molecule has 0 spiro atoms. The van der Waals surface area contributed by atoms with Crippen LogP contribution in [-0.4, -0.2) is 48.4 Å². The van der Waals surface area contributed by atoms with E-state index in [1.165, 1.54) is 0 Å². The highest BCUT2D eigenvalue weighted by Gasteiger charge is 2.40. The Bertz CT molecular complexity index is 956. The molecule has 0 radical (unpaired) electrons. The number of alkyl halides is 3. The van der Waals surface area contributed by atoms with Gasteiger partial charge in [0.15, 0.2) is 0 Å². The van der Waals surface area contributed by atoms with Gasteiger partial charge in [-0.2, -0.15) is 13.2 Å². The van der Waals surface area contributed by atoms with Crippen molar-refractivity contribution < 1.29 is 36.6 Å². The van der Waals surface area contributed by atoms with Crippen LogP contribution in [0.2, 0.25) is 0 Å². The summed E-state index contributed by atoms with van der Waals surface area (Å²) < 4.78 is 62.3. The van der Waals surface area contributed by atoms with E-state index in [0.29, 0.717) is 18.4 Å². The van der Waals surface area contributed by atoms with E-state index in [9.17, 15) is 27.2 Å². The molecule has 6 nitrogen and oxygen atoms in total. The molecule has 33 heavy (non-hydrogen) atoms. The Kier molecular flexibility index (Phi) is 8.67. The van der Waals surface area contributed by atoms with Gasteiger partial charge in [0.1, 0.15) is 24.2 Å². The average Bonchev–Trinajstić information content (AvgIpc) is 3.01. The van der Waals surface area contributed by atoms with Gasteiger partial charge in [0.25, 0.3) is 0 Å². The third-order valence-electron chi connectivity index (χ3n) is 4.94. The number of para-hydroxylation sites is 1. The van der Waals surface area contributed by atoms with Gasteiger partial charge in [-0.1, -0.05) is 24.8 Å². The number of nitrogens with zero attached hydrogens (tertiary/aromatic N) is 1. The van der Waals surface area contributed by atoms with Gasteiger partial charge in [-0.15, -0.1) is 0 Å². The SMILES string of the molecule is C=C(/C=C(F)\C=C(/C)C(F)(F)F)[C@H]1OC(=O)N(CC(=O)NCc2ccccc2OCC)[C@H]1C. The number of carbonyl (C=O) groups excluding carboxylic acids is 2. The Labute approximate surface area is 189 Å². The molecule has 2 rings (SSSR count). The Balaban J connectivity index is 1.99. The van der Waals surface area contributed by atoms with Crippen LogP contribution in [-0.2, 0) is 16.1 Å². The Morgan fingerprint density at radius 1 is 1.30 bits per heavy atom. The molecule has 1 aromatic carbocycles. The molecule has 1 aliphatic heterocycles. The monoisotopic (exact) mass is 470 g/mol. The lowest BCUT2D eigenvalue weighted by molar-refractivity contribution is -0.122. The van der Waals surface area contributed by atoms with Crippen molar-refractivity contribution in [1.29, 1.82) is 0 Å². The summed E-state index contributed by atoms with van der Waals surface area (Å²) in [4.78, 5) is 25.8. The third kappa shape index (κ3) is 7.10. The summed E-state index contributed by atoms with van der Waals surface area (Å²) in [6.07, 6.45) is -5.38. The van der Waals surface area contributed by atoms with Crippen molar-refractivity contribution in [2.45, 2.75) is 45.6 Å². The molecule has 1 N–H and O–H groups in total. The van der Waals surface area contributed by atoms with Gasteiger partial charge in [-0.3, -0.25) is 9.69 Å². The number of cyclic esters (lactones) is 1. The zero-order valence-electron chi connectivity index (χ0n) is 18.5. The van der Waals surface area contributed by atoms with Crippen LogP contribution in [0.3, 0.4) is 0 Å². The number of allylic oxidation sites excluding steroid dienone is 3. The van der Waals surface area contributed by atoms with Gasteiger partial charge >= 0.3 is 12.3 Å². The number of amides is 2. The Hall–Kier alpha value is -3.30. The van der Waals surface area contributed by atoms with E-state index in [1.54, 1.807) is 25.1 Å². The fraction of sp³-hybridized carbons (Fsp3) is 0.391. The number of nitrogens with one attached hydrogen (secondary N) is 1. The minimum Gasteiger partial charge on any atom is -0.494 e. The van der Waals surface area contributed by atoms with Crippen LogP contribution in [0.1, 0.15) is 26.3 Å². The first-order chi connectivity index (χ1) is 15.4. The number of halogens is 4. The summed E-state index contributed by atoms with van der Waals surface area (Å²) in [5.74, 6) is -1.00. The molecule has 180 valence electrons. The van der Waals surface area contributed by atoms with Crippen LogP contribution in [0.25, 0.3) is 0 Å². The molecule has 0 aliphatic carbocycles. The van der Waals surface area contributed by atoms with Crippen molar-refractivity contribution in [2.24, 2.45) is 0 Å². The maximum Gasteiger partial charge on any atom is 0.412 e. The standard InChI is InChI=1S/C23H26F4N2O4/c1-5-32-19-9-7-6-8-17(19)12-28-20(30)13-29-16(4)21(33-22(29)31)14(2)10-18(24)11-15(3)23(25,26)27/h6-11,16,21H,2,5,12-13H2,1,3-4H3,(H,28,30)/b15-11+,18-10+/t16-,21+/m0/s1. The maximum atomic E-state index is 14.0. The summed E-state index contributed by atoms with van der Waals surface area (Å²) in [7, 11) is 0. The normalized spacial score (nSPS) is 19.4. The topological polar surface area (TPSA) is 67.9 Å². The van der Waals surface area contributed by atoms with E-state index in [2.05, 4.69) is 11.9 Å². The van der Waals surface area contributed by atoms with Crippen LogP contribution in [0, 0.1) is 0 Å². The van der Waals surface area contributed by atoms with Gasteiger partial charge in [-0.05, 0) is 44.6 Å². The Morgan fingerprint density at radius 3 is 2.61 bits per heavy atom. The van der Waals surface area contributed by atoms with Crippen molar-refractivity contribution in [2.75, 3.05) is 13.2 Å². The summed E-state index contributed by atoms with van der Waals surface area (Å²) in [5, 5.41) is 2.70. The van der Waals surface area contributed by atoms with Gasteiger partial charge in [0.2, 0.25) is 5.91 Å². The minimum absolute atomic E-state index is 0.0341. The molecular weight excluding hydrogens is 444 g/mol. The molecule has 0 unspecified atom stereocenters. The number of ether oxygens (including phenoxy) is 2. The van der Waals surface area contributed by atoms with Gasteiger partial charge < -0.3 is 14.8 Å². The largest absolute Gasteiger partial charge is 0.494 e. The van der Waals surface area contributed by atoms with Crippen molar-refractivity contribution >= 4 is 12.0 Å². The quantitative estimate of drug-likeness (QED) is 0.415. The van der Waals surface area contributed by atoms with Crippen LogP contribution in [0.4, 0.5) is 22.4 Å². The molecule has 1 aromatic rings. The molecule has 0 bridgehead atoms. The van der Waals surface area contributed by atoms with Crippen molar-refractivity contribution in [3.8, 4) is 5.75 Å². The second-order valence-corrected chi connectivity index (χ2v) is 7.42. The van der Waals surface area contributed by atoms with Crippen molar-refractivity contribution in [3.05, 3.63) is 65.5 Å². The molecule has 1 heterocycles. The fourth-order valence-corrected chi connectivity index (χ4v) is 3.14. The van der Waals surface area contributed by atoms with Gasteiger partial charge in [-0.25, -0.2) is 9.18 Å². The predicted molar refractivity (Wildman–Crippen MR) is 114 cm³/mol. The number of benzene rings is 1. The molecule has 1 saturated heterocycles. The van der Waals surface area contributed by atoms with Crippen LogP contribution in [0.5, 0.6) is 5.75 Å². The molecular formula is C23H26F4N2O4. The van der Waals surface area contributed by atoms with Gasteiger partial charge in [0.05, 0.1) is 12.6 Å². The van der Waals surface area contributed by atoms with E-state index in [1.807, 2.05) is 13.0 Å². The van der Waals surface area contributed by atoms with Crippen molar-refractivity contribution in [1.82, 2.24) is 10.2 Å². The van der Waals surface area contributed by atoms with Crippen LogP contribution >= 0.6 is 0 Å². The molecule has 2 atom stereocenters. The average molecular weight is 470 g/mol. The molecule has 0 saturated carbocycles. The molecule has 10 heteroatoms. The zero-order valence-corrected chi connectivity index (χ0v) is 18.5. The smallest absolute Gasteiger partial charge is 0.412 e. The van der Waals surface area contributed by atoms with Crippen LogP contribution in [0.15, 0.2) is 60.0 Å². The molecule has 0 aromatic heterocycles. The van der Waals surface area contributed by atoms with E-state index < -0.39 is 41.7 Å². The predicted octanol–water partition coefficient (Wildman–Crippen LogP) is 4.83. The number of hydrogen-bond donors (Lipinski definition) is 1. The van der Waals surface area contributed by atoms with Crippen molar-refractivity contribution in [3.63, 3.8) is 0 Å². The summed E-state index contributed by atoms with van der Waals surface area (Å²) in [6.45, 7) is 8.08. The lowest BCUT2D eigenvalue weighted by Crippen LogP contribution is -2.42. The highest BCUT2D eigenvalue weighted by Crippen LogP contribution is 2.28. The second kappa shape index (κ2) is 11.0. The number of rotatable bonds is 9. The van der Waals surface area contributed by atoms with Gasteiger partial charge in [0, 0.05) is 17.7 Å². The Morgan fingerprint density at radius 2 is 1.97 bits per heavy atom. The third-order valence-corrected chi connectivity index (χ3v) is 4.94. The summed E-state index contributed by atoms with van der Waals surface area (Å²) in [5.41, 5.74) is -0.392. The van der Waals surface area contributed by atoms with E-state index >= 15 is 0 Å². The number of hydrogen-bond acceptors (Lipinski definition) is 4. The fourth-order valence-electron chi connectivity index (χ4n) is 3.14. The molecule has 1 aliphatic rings. The lowest BCUT2D eigenvalue weighted by Gasteiger charge is -2.20. The first-order valence-electron chi connectivity index (χ1n) is 10.2. The first kappa shape index (κ1) is 26.0. The molecule has 1 fully saturated rings. The lowest BCUT2D eigenvalue weighted by atomic mass is 10.0. The number of carbonyl (C=O) groups is 2.